The van der Waals surface area contributed by atoms with E-state index in [-0.39, 0.29) is 17.6 Å². The van der Waals surface area contributed by atoms with Gasteiger partial charge in [-0.05, 0) is 31.4 Å². The van der Waals surface area contributed by atoms with E-state index in [4.69, 9.17) is 16.7 Å². The van der Waals surface area contributed by atoms with E-state index in [1.807, 2.05) is 0 Å². The Morgan fingerprint density at radius 2 is 1.94 bits per heavy atom. The van der Waals surface area contributed by atoms with Crippen molar-refractivity contribution in [2.45, 2.75) is 25.4 Å². The van der Waals surface area contributed by atoms with Gasteiger partial charge in [0.25, 0.3) is 0 Å². The number of aliphatic hydroxyl groups is 1. The van der Waals surface area contributed by atoms with Gasteiger partial charge in [-0.1, -0.05) is 11.6 Å². The van der Waals surface area contributed by atoms with E-state index in [0.717, 1.165) is 25.0 Å². The summed E-state index contributed by atoms with van der Waals surface area (Å²) in [6.45, 7) is 0.609. The summed E-state index contributed by atoms with van der Waals surface area (Å²) in [5.74, 6) is 0.110. The van der Waals surface area contributed by atoms with Crippen LogP contribution in [-0.2, 0) is 6.18 Å². The zero-order valence-electron chi connectivity index (χ0n) is 9.60. The lowest BCUT2D eigenvalue weighted by Crippen LogP contribution is -2.09. The Morgan fingerprint density at radius 1 is 1.22 bits per heavy atom. The number of aliphatic hydroxyl groups excluding tert-OH is 1. The van der Waals surface area contributed by atoms with Crippen LogP contribution in [0.5, 0.6) is 0 Å². The van der Waals surface area contributed by atoms with Crippen LogP contribution in [0.25, 0.3) is 0 Å². The van der Waals surface area contributed by atoms with Crippen LogP contribution in [0.1, 0.15) is 24.8 Å². The summed E-state index contributed by atoms with van der Waals surface area (Å²) >= 11 is 5.53. The first kappa shape index (κ1) is 15.0. The molecule has 0 atom stereocenters. The third-order valence-electron chi connectivity index (χ3n) is 2.26. The molecule has 0 saturated carbocycles. The minimum absolute atomic E-state index is 0.110. The molecule has 18 heavy (non-hydrogen) atoms. The van der Waals surface area contributed by atoms with Gasteiger partial charge in [-0.15, -0.1) is 0 Å². The van der Waals surface area contributed by atoms with Crippen LogP contribution in [0.2, 0.25) is 5.15 Å². The molecule has 0 saturated heterocycles. The maximum atomic E-state index is 12.5. The van der Waals surface area contributed by atoms with Crippen LogP contribution in [0.3, 0.4) is 0 Å². The number of aromatic nitrogens is 1. The molecular formula is C11H14ClF3N2O. The highest BCUT2D eigenvalue weighted by atomic mass is 35.5. The van der Waals surface area contributed by atoms with Crippen molar-refractivity contribution in [1.82, 2.24) is 4.98 Å². The van der Waals surface area contributed by atoms with Crippen LogP contribution in [0.4, 0.5) is 19.0 Å². The second kappa shape index (κ2) is 6.80. The lowest BCUT2D eigenvalue weighted by Gasteiger charge is -2.10. The molecule has 0 unspecified atom stereocenters. The normalized spacial score (nSPS) is 11.6. The number of nitrogens with one attached hydrogen (secondary N) is 1. The second-order valence-electron chi connectivity index (χ2n) is 3.77. The van der Waals surface area contributed by atoms with Crippen LogP contribution in [0.15, 0.2) is 12.1 Å². The fourth-order valence-corrected chi connectivity index (χ4v) is 1.59. The summed E-state index contributed by atoms with van der Waals surface area (Å²) in [5.41, 5.74) is -0.819. The number of hydrogen-bond donors (Lipinski definition) is 2. The summed E-state index contributed by atoms with van der Waals surface area (Å²) < 4.78 is 37.5. The zero-order valence-corrected chi connectivity index (χ0v) is 10.4. The van der Waals surface area contributed by atoms with Crippen molar-refractivity contribution in [2.75, 3.05) is 18.5 Å². The molecule has 0 aromatic carbocycles. The average molecular weight is 283 g/mol. The fourth-order valence-electron chi connectivity index (χ4n) is 1.38. The van der Waals surface area contributed by atoms with Gasteiger partial charge in [0.05, 0.1) is 5.56 Å². The summed E-state index contributed by atoms with van der Waals surface area (Å²) in [6.07, 6.45) is -2.20. The molecule has 0 fully saturated rings. The molecule has 1 aromatic rings. The maximum absolute atomic E-state index is 12.5. The molecule has 1 heterocycles. The first-order valence-electron chi connectivity index (χ1n) is 5.53. The molecule has 1 rings (SSSR count). The number of anilines is 1. The summed E-state index contributed by atoms with van der Waals surface area (Å²) in [5, 5.41) is 11.2. The highest BCUT2D eigenvalue weighted by Gasteiger charge is 2.31. The van der Waals surface area contributed by atoms with Gasteiger partial charge in [0.2, 0.25) is 0 Å². The third-order valence-corrected chi connectivity index (χ3v) is 2.46. The molecular weight excluding hydrogens is 269 g/mol. The van der Waals surface area contributed by atoms with Crippen LogP contribution >= 0.6 is 11.6 Å². The van der Waals surface area contributed by atoms with E-state index >= 15 is 0 Å². The van der Waals surface area contributed by atoms with Crippen molar-refractivity contribution in [1.29, 1.82) is 0 Å². The van der Waals surface area contributed by atoms with Crippen LogP contribution in [0, 0.1) is 0 Å². The first-order chi connectivity index (χ1) is 8.43. The maximum Gasteiger partial charge on any atom is 0.416 e. The Hall–Kier alpha value is -1.01. The zero-order chi connectivity index (χ0) is 13.6. The molecule has 0 spiro atoms. The first-order valence-corrected chi connectivity index (χ1v) is 5.91. The molecule has 7 heteroatoms. The number of alkyl halides is 3. The fraction of sp³-hybridized carbons (Fsp3) is 0.545. The van der Waals surface area contributed by atoms with Crippen molar-refractivity contribution in [3.63, 3.8) is 0 Å². The Labute approximate surface area is 108 Å². The highest BCUT2D eigenvalue weighted by molar-refractivity contribution is 6.29. The van der Waals surface area contributed by atoms with Crippen molar-refractivity contribution >= 4 is 17.4 Å². The number of unbranched alkanes of at least 4 members (excludes halogenated alkanes) is 2. The van der Waals surface area contributed by atoms with Gasteiger partial charge in [0.15, 0.2) is 0 Å². The molecule has 0 bridgehead atoms. The molecule has 0 aliphatic carbocycles. The minimum Gasteiger partial charge on any atom is -0.396 e. The standard InChI is InChI=1S/C11H14ClF3N2O/c12-9-6-8(11(13,14)15)7-10(17-9)16-4-2-1-3-5-18/h6-7,18H,1-5H2,(H,16,17). The van der Waals surface area contributed by atoms with Gasteiger partial charge in [-0.25, -0.2) is 4.98 Å². The van der Waals surface area contributed by atoms with Gasteiger partial charge >= 0.3 is 6.18 Å². The van der Waals surface area contributed by atoms with E-state index in [0.29, 0.717) is 13.0 Å². The molecule has 2 N–H and O–H groups in total. The minimum atomic E-state index is -4.43. The summed E-state index contributed by atoms with van der Waals surface area (Å²) in [4.78, 5) is 3.77. The summed E-state index contributed by atoms with van der Waals surface area (Å²) in [7, 11) is 0. The number of pyridine rings is 1. The smallest absolute Gasteiger partial charge is 0.396 e. The lowest BCUT2D eigenvalue weighted by atomic mass is 10.2. The van der Waals surface area contributed by atoms with Crippen LogP contribution in [-0.4, -0.2) is 23.2 Å². The second-order valence-corrected chi connectivity index (χ2v) is 4.16. The Kier molecular flexibility index (Phi) is 5.68. The van der Waals surface area contributed by atoms with Gasteiger partial charge in [-0.2, -0.15) is 13.2 Å². The van der Waals surface area contributed by atoms with Crippen LogP contribution < -0.4 is 5.32 Å². The van der Waals surface area contributed by atoms with Crippen molar-refractivity contribution in [2.24, 2.45) is 0 Å². The number of rotatable bonds is 6. The van der Waals surface area contributed by atoms with E-state index in [1.165, 1.54) is 0 Å². The van der Waals surface area contributed by atoms with Crippen molar-refractivity contribution < 1.29 is 18.3 Å². The topological polar surface area (TPSA) is 45.1 Å². The lowest BCUT2D eigenvalue weighted by molar-refractivity contribution is -0.137. The van der Waals surface area contributed by atoms with E-state index in [2.05, 4.69) is 10.3 Å². The predicted molar refractivity (Wildman–Crippen MR) is 63.7 cm³/mol. The molecule has 0 radical (unpaired) electrons. The largest absolute Gasteiger partial charge is 0.416 e. The molecule has 102 valence electrons. The highest BCUT2D eigenvalue weighted by Crippen LogP contribution is 2.31. The Bertz CT molecular complexity index is 385. The quantitative estimate of drug-likeness (QED) is 0.621. The number of hydrogen-bond acceptors (Lipinski definition) is 3. The predicted octanol–water partition coefficient (Wildman–Crippen LogP) is 3.33. The number of halogens is 4. The monoisotopic (exact) mass is 282 g/mol. The van der Waals surface area contributed by atoms with Crippen molar-refractivity contribution in [3.05, 3.63) is 22.8 Å². The Balaban J connectivity index is 2.58. The molecule has 0 aliphatic rings. The molecule has 0 aliphatic heterocycles. The summed E-state index contributed by atoms with van der Waals surface area (Å²) in [6, 6.07) is 1.72. The molecule has 3 nitrogen and oxygen atoms in total. The molecule has 1 aromatic heterocycles. The van der Waals surface area contributed by atoms with Gasteiger partial charge < -0.3 is 10.4 Å². The Morgan fingerprint density at radius 3 is 2.56 bits per heavy atom. The van der Waals surface area contributed by atoms with E-state index in [9.17, 15) is 13.2 Å². The van der Waals surface area contributed by atoms with Crippen molar-refractivity contribution in [3.8, 4) is 0 Å². The van der Waals surface area contributed by atoms with E-state index in [1.54, 1.807) is 0 Å². The SMILES string of the molecule is OCCCCCNc1cc(C(F)(F)F)cc(Cl)n1. The van der Waals surface area contributed by atoms with E-state index < -0.39 is 11.7 Å². The third kappa shape index (κ3) is 5.10. The average Bonchev–Trinajstić information content (AvgIpc) is 2.27. The van der Waals surface area contributed by atoms with Gasteiger partial charge in [0, 0.05) is 13.2 Å². The van der Waals surface area contributed by atoms with Gasteiger partial charge in [-0.3, -0.25) is 0 Å². The number of nitrogens with zero attached hydrogens (tertiary/aromatic N) is 1. The van der Waals surface area contributed by atoms with Gasteiger partial charge in [0.1, 0.15) is 11.0 Å². The molecule has 0 amide bonds.